The van der Waals surface area contributed by atoms with Crippen LogP contribution in [0, 0.1) is 0 Å². The number of halogens is 3. The van der Waals surface area contributed by atoms with Gasteiger partial charge in [0.2, 0.25) is 0 Å². The van der Waals surface area contributed by atoms with E-state index in [4.69, 9.17) is 4.74 Å². The van der Waals surface area contributed by atoms with Crippen molar-refractivity contribution in [2.24, 2.45) is 0 Å². The zero-order valence-electron chi connectivity index (χ0n) is 16.7. The summed E-state index contributed by atoms with van der Waals surface area (Å²) in [4.78, 5) is 16.9. The van der Waals surface area contributed by atoms with E-state index in [1.807, 2.05) is 12.1 Å². The Hall–Kier alpha value is -3.55. The fourth-order valence-electron chi connectivity index (χ4n) is 3.72. The maximum Gasteiger partial charge on any atom is 0.419 e. The van der Waals surface area contributed by atoms with Crippen molar-refractivity contribution in [2.45, 2.75) is 19.0 Å². The van der Waals surface area contributed by atoms with Crippen LogP contribution < -0.4 is 15.4 Å². The Morgan fingerprint density at radius 1 is 1.16 bits per heavy atom. The number of benzene rings is 2. The number of fused-ring (bicyclic) bond motifs is 1. The van der Waals surface area contributed by atoms with Gasteiger partial charge in [-0.15, -0.1) is 0 Å². The second-order valence-corrected chi connectivity index (χ2v) is 7.22. The number of hydrogen-bond acceptors (Lipinski definition) is 4. The number of rotatable bonds is 5. The fourth-order valence-corrected chi connectivity index (χ4v) is 3.72. The summed E-state index contributed by atoms with van der Waals surface area (Å²) in [5.41, 5.74) is 2.89. The molecule has 0 radical (unpaired) electrons. The summed E-state index contributed by atoms with van der Waals surface area (Å²) in [5.74, 6) is -0.145. The lowest BCUT2D eigenvalue weighted by molar-refractivity contribution is -0.138. The predicted octanol–water partition coefficient (Wildman–Crippen LogP) is 4.92. The van der Waals surface area contributed by atoms with Crippen molar-refractivity contribution >= 4 is 17.4 Å². The molecule has 3 aromatic rings. The molecule has 4 rings (SSSR count). The number of carbonyl (C=O) groups excluding carboxylic acids is 1. The minimum atomic E-state index is -4.51. The number of anilines is 2. The van der Waals surface area contributed by atoms with Crippen molar-refractivity contribution in [2.75, 3.05) is 24.3 Å². The van der Waals surface area contributed by atoms with Gasteiger partial charge in [-0.05, 0) is 65.9 Å². The lowest BCUT2D eigenvalue weighted by Gasteiger charge is -2.14. The van der Waals surface area contributed by atoms with Crippen LogP contribution >= 0.6 is 0 Å². The van der Waals surface area contributed by atoms with Crippen molar-refractivity contribution in [1.82, 2.24) is 4.98 Å². The molecule has 1 aliphatic rings. The molecule has 1 amide bonds. The highest BCUT2D eigenvalue weighted by atomic mass is 19.4. The van der Waals surface area contributed by atoms with Gasteiger partial charge in [-0.2, -0.15) is 13.2 Å². The monoisotopic (exact) mass is 427 g/mol. The van der Waals surface area contributed by atoms with E-state index < -0.39 is 11.7 Å². The number of aromatic nitrogens is 1. The highest BCUT2D eigenvalue weighted by Gasteiger charge is 2.34. The van der Waals surface area contributed by atoms with Gasteiger partial charge in [0.15, 0.2) is 0 Å². The van der Waals surface area contributed by atoms with E-state index in [1.54, 1.807) is 24.3 Å². The number of carbonyl (C=O) groups is 1. The van der Waals surface area contributed by atoms with Crippen molar-refractivity contribution in [3.05, 3.63) is 82.5 Å². The van der Waals surface area contributed by atoms with Crippen molar-refractivity contribution < 1.29 is 22.7 Å². The molecule has 0 bridgehead atoms. The molecule has 1 aromatic heterocycles. The molecule has 0 spiro atoms. The molecule has 0 atom stereocenters. The first-order chi connectivity index (χ1) is 14.8. The van der Waals surface area contributed by atoms with Gasteiger partial charge in [-0.3, -0.25) is 4.79 Å². The molecule has 31 heavy (non-hydrogen) atoms. The second-order valence-electron chi connectivity index (χ2n) is 7.22. The quantitative estimate of drug-likeness (QED) is 0.607. The van der Waals surface area contributed by atoms with Gasteiger partial charge < -0.3 is 15.4 Å². The van der Waals surface area contributed by atoms with E-state index in [0.717, 1.165) is 35.8 Å². The Labute approximate surface area is 177 Å². The minimum absolute atomic E-state index is 0.219. The molecule has 8 heteroatoms. The zero-order chi connectivity index (χ0) is 22.0. The Bertz CT molecular complexity index is 1130. The van der Waals surface area contributed by atoms with E-state index in [1.165, 1.54) is 19.4 Å². The van der Waals surface area contributed by atoms with Crippen LogP contribution in [-0.2, 0) is 19.0 Å². The van der Waals surface area contributed by atoms with Crippen LogP contribution in [-0.4, -0.2) is 24.5 Å². The third kappa shape index (κ3) is 4.47. The van der Waals surface area contributed by atoms with E-state index in [2.05, 4.69) is 15.6 Å². The normalized spacial score (nSPS) is 12.8. The first-order valence-corrected chi connectivity index (χ1v) is 9.71. The van der Waals surface area contributed by atoms with Crippen molar-refractivity contribution in [3.63, 3.8) is 0 Å². The van der Waals surface area contributed by atoms with Crippen LogP contribution in [0.4, 0.5) is 24.7 Å². The highest BCUT2D eigenvalue weighted by Crippen LogP contribution is 2.37. The highest BCUT2D eigenvalue weighted by molar-refractivity contribution is 6.06. The maximum absolute atomic E-state index is 13.3. The Morgan fingerprint density at radius 3 is 2.74 bits per heavy atom. The summed E-state index contributed by atoms with van der Waals surface area (Å²) in [6.45, 7) is 0.787. The van der Waals surface area contributed by atoms with Gasteiger partial charge in [0.05, 0.1) is 12.7 Å². The SMILES string of the molecule is COc1ccc(Cc2ccnc(NC(=O)c3cccc4c3CCN4)c2)cc1C(F)(F)F. The van der Waals surface area contributed by atoms with Crippen molar-refractivity contribution in [1.29, 1.82) is 0 Å². The average Bonchev–Trinajstić information content (AvgIpc) is 3.22. The second kappa shape index (κ2) is 8.29. The van der Waals surface area contributed by atoms with Gasteiger partial charge in [-0.25, -0.2) is 4.98 Å². The summed E-state index contributed by atoms with van der Waals surface area (Å²) in [5, 5.41) is 6.02. The van der Waals surface area contributed by atoms with Gasteiger partial charge in [0, 0.05) is 24.0 Å². The van der Waals surface area contributed by atoms with E-state index >= 15 is 0 Å². The number of methoxy groups -OCH3 is 1. The van der Waals surface area contributed by atoms with Crippen LogP contribution in [0.25, 0.3) is 0 Å². The van der Waals surface area contributed by atoms with Gasteiger partial charge >= 0.3 is 6.18 Å². The largest absolute Gasteiger partial charge is 0.496 e. The fraction of sp³-hybridized carbons (Fsp3) is 0.217. The molecule has 160 valence electrons. The molecular weight excluding hydrogens is 407 g/mol. The van der Waals surface area contributed by atoms with Crippen molar-refractivity contribution in [3.8, 4) is 5.75 Å². The molecule has 5 nitrogen and oxygen atoms in total. The number of nitrogens with zero attached hydrogens (tertiary/aromatic N) is 1. The topological polar surface area (TPSA) is 63.2 Å². The van der Waals surface area contributed by atoms with Crippen LogP contribution in [0.3, 0.4) is 0 Å². The molecule has 0 saturated carbocycles. The number of ether oxygens (including phenoxy) is 1. The summed E-state index contributed by atoms with van der Waals surface area (Å²) in [6.07, 6.45) is -1.96. The van der Waals surface area contributed by atoms with E-state index in [-0.39, 0.29) is 18.1 Å². The molecule has 2 N–H and O–H groups in total. The lowest BCUT2D eigenvalue weighted by atomic mass is 10.0. The minimum Gasteiger partial charge on any atom is -0.496 e. The molecule has 1 aliphatic heterocycles. The molecule has 0 unspecified atom stereocenters. The molecule has 0 saturated heterocycles. The predicted molar refractivity (Wildman–Crippen MR) is 112 cm³/mol. The zero-order valence-corrected chi connectivity index (χ0v) is 16.7. The molecule has 0 aliphatic carbocycles. The molecular formula is C23H20F3N3O2. The number of alkyl halides is 3. The molecule has 0 fully saturated rings. The summed E-state index contributed by atoms with van der Waals surface area (Å²) in [6, 6.07) is 12.9. The lowest BCUT2D eigenvalue weighted by Crippen LogP contribution is -2.15. The third-order valence-corrected chi connectivity index (χ3v) is 5.15. The maximum atomic E-state index is 13.3. The van der Waals surface area contributed by atoms with E-state index in [0.29, 0.717) is 16.9 Å². The Kier molecular flexibility index (Phi) is 5.54. The number of nitrogens with one attached hydrogen (secondary N) is 2. The smallest absolute Gasteiger partial charge is 0.419 e. The number of amides is 1. The van der Waals surface area contributed by atoms with Crippen LogP contribution in [0.1, 0.15) is 32.6 Å². The summed E-state index contributed by atoms with van der Waals surface area (Å²) < 4.78 is 44.7. The Balaban J connectivity index is 1.53. The van der Waals surface area contributed by atoms with Crippen LogP contribution in [0.15, 0.2) is 54.7 Å². The molecule has 2 heterocycles. The Morgan fingerprint density at radius 2 is 1.97 bits per heavy atom. The van der Waals surface area contributed by atoms with Gasteiger partial charge in [-0.1, -0.05) is 12.1 Å². The van der Waals surface area contributed by atoms with E-state index in [9.17, 15) is 18.0 Å². The standard InChI is InChI=1S/C23H20F3N3O2/c1-31-20-6-5-14(12-18(20)23(24,25)26)11-15-7-9-28-21(13-15)29-22(30)17-3-2-4-19-16(17)8-10-27-19/h2-7,9,12-13,27H,8,10-11H2,1H3,(H,28,29,30). The van der Waals surface area contributed by atoms with Crippen LogP contribution in [0.5, 0.6) is 5.75 Å². The summed E-state index contributed by atoms with van der Waals surface area (Å²) in [7, 11) is 1.21. The van der Waals surface area contributed by atoms with Gasteiger partial charge in [0.25, 0.3) is 5.91 Å². The van der Waals surface area contributed by atoms with Crippen LogP contribution in [0.2, 0.25) is 0 Å². The first-order valence-electron chi connectivity index (χ1n) is 9.71. The first kappa shape index (κ1) is 20.7. The number of hydrogen-bond donors (Lipinski definition) is 2. The summed E-state index contributed by atoms with van der Waals surface area (Å²) >= 11 is 0. The number of pyridine rings is 1. The van der Waals surface area contributed by atoms with Gasteiger partial charge in [0.1, 0.15) is 11.6 Å². The molecule has 2 aromatic carbocycles. The average molecular weight is 427 g/mol. The third-order valence-electron chi connectivity index (χ3n) is 5.15.